The number of rotatable bonds is 3. The van der Waals surface area contributed by atoms with Crippen molar-refractivity contribution in [2.75, 3.05) is 0 Å². The van der Waals surface area contributed by atoms with Gasteiger partial charge in [0, 0.05) is 5.56 Å². The smallest absolute Gasteiger partial charge is 0.187 e. The van der Waals surface area contributed by atoms with Crippen LogP contribution in [0.2, 0.25) is 0 Å². The van der Waals surface area contributed by atoms with E-state index in [1.165, 1.54) is 11.1 Å². The molecule has 0 radical (unpaired) electrons. The third-order valence-corrected chi connectivity index (χ3v) is 3.40. The Labute approximate surface area is 119 Å². The molecule has 0 saturated carbocycles. The van der Waals surface area contributed by atoms with Gasteiger partial charge in [0.15, 0.2) is 11.5 Å². The van der Waals surface area contributed by atoms with E-state index in [0.717, 1.165) is 11.1 Å². The second kappa shape index (κ2) is 6.03. The van der Waals surface area contributed by atoms with Gasteiger partial charge in [-0.15, -0.1) is 0 Å². The zero-order chi connectivity index (χ0) is 14.5. The highest BCUT2D eigenvalue weighted by atomic mass is 16.6. The number of nitrogens with zero attached hydrogens (tertiary/aromatic N) is 2. The highest BCUT2D eigenvalue weighted by Gasteiger charge is 2.07. The van der Waals surface area contributed by atoms with Crippen molar-refractivity contribution in [1.29, 1.82) is 5.26 Å². The SMILES string of the molecule is Cc1ccc(ON=C(C#N)c2ccccc2)c(C)c1C. The van der Waals surface area contributed by atoms with E-state index in [2.05, 4.69) is 18.1 Å². The summed E-state index contributed by atoms with van der Waals surface area (Å²) in [6.45, 7) is 6.09. The van der Waals surface area contributed by atoms with Crippen LogP contribution in [-0.4, -0.2) is 5.71 Å². The second-order valence-electron chi connectivity index (χ2n) is 4.64. The van der Waals surface area contributed by atoms with Gasteiger partial charge in [-0.1, -0.05) is 41.6 Å². The lowest BCUT2D eigenvalue weighted by Crippen LogP contribution is -2.01. The molecule has 20 heavy (non-hydrogen) atoms. The van der Waals surface area contributed by atoms with Gasteiger partial charge in [0.25, 0.3) is 0 Å². The molecule has 0 aliphatic rings. The van der Waals surface area contributed by atoms with Gasteiger partial charge in [0.1, 0.15) is 6.07 Å². The number of oxime groups is 1. The Morgan fingerprint density at radius 3 is 2.35 bits per heavy atom. The predicted octanol–water partition coefficient (Wildman–Crippen LogP) is 3.92. The number of hydrogen-bond donors (Lipinski definition) is 0. The minimum absolute atomic E-state index is 0.267. The van der Waals surface area contributed by atoms with Crippen molar-refractivity contribution in [2.24, 2.45) is 5.16 Å². The van der Waals surface area contributed by atoms with Crippen molar-refractivity contribution in [2.45, 2.75) is 20.8 Å². The molecule has 0 aliphatic carbocycles. The molecule has 0 spiro atoms. The van der Waals surface area contributed by atoms with E-state index in [0.29, 0.717) is 5.75 Å². The first-order valence-corrected chi connectivity index (χ1v) is 6.41. The number of benzene rings is 2. The molecule has 0 bridgehead atoms. The van der Waals surface area contributed by atoms with E-state index in [1.54, 1.807) is 0 Å². The molecule has 2 aromatic rings. The van der Waals surface area contributed by atoms with Crippen LogP contribution in [0.3, 0.4) is 0 Å². The van der Waals surface area contributed by atoms with Crippen molar-refractivity contribution in [3.8, 4) is 11.8 Å². The third kappa shape index (κ3) is 2.86. The molecule has 0 heterocycles. The predicted molar refractivity (Wildman–Crippen MR) is 79.9 cm³/mol. The number of hydrogen-bond acceptors (Lipinski definition) is 3. The van der Waals surface area contributed by atoms with Gasteiger partial charge in [-0.2, -0.15) is 5.26 Å². The lowest BCUT2D eigenvalue weighted by molar-refractivity contribution is 0.339. The largest absolute Gasteiger partial charge is 0.355 e. The topological polar surface area (TPSA) is 45.4 Å². The van der Waals surface area contributed by atoms with Gasteiger partial charge in [-0.25, -0.2) is 0 Å². The second-order valence-corrected chi connectivity index (χ2v) is 4.64. The Balaban J connectivity index is 2.29. The van der Waals surface area contributed by atoms with Crippen LogP contribution in [0.5, 0.6) is 5.75 Å². The molecule has 2 aromatic carbocycles. The Bertz CT molecular complexity index is 682. The molecule has 0 N–H and O–H groups in total. The normalized spacial score (nSPS) is 11.0. The fourth-order valence-electron chi connectivity index (χ4n) is 1.86. The lowest BCUT2D eigenvalue weighted by Gasteiger charge is -2.09. The molecule has 0 saturated heterocycles. The first-order valence-electron chi connectivity index (χ1n) is 6.41. The Morgan fingerprint density at radius 2 is 1.70 bits per heavy atom. The minimum Gasteiger partial charge on any atom is -0.355 e. The fraction of sp³-hybridized carbons (Fsp3) is 0.176. The van der Waals surface area contributed by atoms with Crippen molar-refractivity contribution < 1.29 is 4.84 Å². The summed E-state index contributed by atoms with van der Waals surface area (Å²) in [5, 5.41) is 13.1. The van der Waals surface area contributed by atoms with Crippen LogP contribution in [0, 0.1) is 32.1 Å². The summed E-state index contributed by atoms with van der Waals surface area (Å²) < 4.78 is 0. The van der Waals surface area contributed by atoms with Crippen LogP contribution in [-0.2, 0) is 0 Å². The standard InChI is InChI=1S/C17H16N2O/c1-12-9-10-17(14(3)13(12)2)20-19-16(11-18)15-7-5-4-6-8-15/h4-10H,1-3H3. The van der Waals surface area contributed by atoms with Gasteiger partial charge in [0.2, 0.25) is 0 Å². The summed E-state index contributed by atoms with van der Waals surface area (Å²) in [4.78, 5) is 5.45. The zero-order valence-corrected chi connectivity index (χ0v) is 11.8. The summed E-state index contributed by atoms with van der Waals surface area (Å²) in [5.41, 5.74) is 4.44. The third-order valence-electron chi connectivity index (χ3n) is 3.40. The van der Waals surface area contributed by atoms with Gasteiger partial charge in [0.05, 0.1) is 0 Å². The van der Waals surface area contributed by atoms with Gasteiger partial charge in [-0.3, -0.25) is 0 Å². The van der Waals surface area contributed by atoms with Crippen molar-refractivity contribution in [3.05, 3.63) is 64.7 Å². The molecular formula is C17H16N2O. The summed E-state index contributed by atoms with van der Waals surface area (Å²) in [5.74, 6) is 0.678. The molecule has 3 heteroatoms. The molecule has 100 valence electrons. The molecule has 0 atom stereocenters. The van der Waals surface area contributed by atoms with Crippen molar-refractivity contribution in [1.82, 2.24) is 0 Å². The molecule has 0 amide bonds. The van der Waals surface area contributed by atoms with Gasteiger partial charge < -0.3 is 4.84 Å². The van der Waals surface area contributed by atoms with E-state index < -0.39 is 0 Å². The maximum absolute atomic E-state index is 9.16. The average Bonchev–Trinajstić information content (AvgIpc) is 2.48. The van der Waals surface area contributed by atoms with E-state index in [4.69, 9.17) is 10.1 Å². The van der Waals surface area contributed by atoms with Crippen LogP contribution in [0.25, 0.3) is 0 Å². The first kappa shape index (κ1) is 13.8. The lowest BCUT2D eigenvalue weighted by atomic mass is 10.0. The Morgan fingerprint density at radius 1 is 1.00 bits per heavy atom. The monoisotopic (exact) mass is 264 g/mol. The number of aryl methyl sites for hydroxylation is 1. The molecule has 0 unspecified atom stereocenters. The van der Waals surface area contributed by atoms with Gasteiger partial charge in [-0.05, 0) is 43.5 Å². The number of nitriles is 1. The molecule has 3 nitrogen and oxygen atoms in total. The molecule has 2 rings (SSSR count). The van der Waals surface area contributed by atoms with E-state index >= 15 is 0 Å². The quantitative estimate of drug-likeness (QED) is 0.623. The van der Waals surface area contributed by atoms with Crippen LogP contribution in [0.4, 0.5) is 0 Å². The minimum atomic E-state index is 0.267. The zero-order valence-electron chi connectivity index (χ0n) is 11.8. The molecule has 0 aliphatic heterocycles. The van der Waals surface area contributed by atoms with Crippen LogP contribution < -0.4 is 4.84 Å². The van der Waals surface area contributed by atoms with Crippen LogP contribution in [0.15, 0.2) is 47.6 Å². The summed E-state index contributed by atoms with van der Waals surface area (Å²) in [6.07, 6.45) is 0. The van der Waals surface area contributed by atoms with Crippen LogP contribution >= 0.6 is 0 Å². The van der Waals surface area contributed by atoms with E-state index in [9.17, 15) is 0 Å². The van der Waals surface area contributed by atoms with Crippen LogP contribution in [0.1, 0.15) is 22.3 Å². The Hall–Kier alpha value is -2.60. The van der Waals surface area contributed by atoms with Crippen molar-refractivity contribution >= 4 is 5.71 Å². The average molecular weight is 264 g/mol. The first-order chi connectivity index (χ1) is 9.63. The Kier molecular flexibility index (Phi) is 4.17. The highest BCUT2D eigenvalue weighted by molar-refractivity contribution is 6.11. The maximum Gasteiger partial charge on any atom is 0.187 e. The highest BCUT2D eigenvalue weighted by Crippen LogP contribution is 2.24. The summed E-state index contributed by atoms with van der Waals surface area (Å²) in [6, 6.07) is 15.2. The van der Waals surface area contributed by atoms with Crippen molar-refractivity contribution in [3.63, 3.8) is 0 Å². The summed E-state index contributed by atoms with van der Waals surface area (Å²) >= 11 is 0. The molecule has 0 fully saturated rings. The molecule has 0 aromatic heterocycles. The fourth-order valence-corrected chi connectivity index (χ4v) is 1.86. The van der Waals surface area contributed by atoms with E-state index in [-0.39, 0.29) is 5.71 Å². The summed E-state index contributed by atoms with van der Waals surface area (Å²) in [7, 11) is 0. The maximum atomic E-state index is 9.16. The van der Waals surface area contributed by atoms with E-state index in [1.807, 2.05) is 56.3 Å². The molecular weight excluding hydrogens is 248 g/mol. The van der Waals surface area contributed by atoms with Gasteiger partial charge >= 0.3 is 0 Å².